The van der Waals surface area contributed by atoms with Gasteiger partial charge in [0.2, 0.25) is 0 Å². The molecule has 0 bridgehead atoms. The number of nitrogens with zero attached hydrogens (tertiary/aromatic N) is 14. The van der Waals surface area contributed by atoms with Crippen molar-refractivity contribution in [2.24, 2.45) is 13.0 Å². The van der Waals surface area contributed by atoms with Gasteiger partial charge in [-0.15, -0.1) is 11.3 Å². The quantitative estimate of drug-likeness (QED) is 0.0627. The smallest absolute Gasteiger partial charge is 0.176 e. The number of aromatic amines is 4. The van der Waals surface area contributed by atoms with Crippen LogP contribution in [-0.2, 0) is 52.0 Å². The fourth-order valence-electron chi connectivity index (χ4n) is 19.2. The summed E-state index contributed by atoms with van der Waals surface area (Å²) >= 11 is 1.65. The second kappa shape index (κ2) is 49.5. The first-order valence-corrected chi connectivity index (χ1v) is 51.0. The van der Waals surface area contributed by atoms with Crippen molar-refractivity contribution in [2.75, 3.05) is 57.3 Å². The lowest BCUT2D eigenvalue weighted by molar-refractivity contribution is 0.613. The van der Waals surface area contributed by atoms with Gasteiger partial charge in [0, 0.05) is 218 Å². The zero-order chi connectivity index (χ0) is 106. The lowest BCUT2D eigenvalue weighted by Crippen LogP contribution is -1.98. The number of hydrogen-bond donors (Lipinski definition) is 14. The van der Waals surface area contributed by atoms with Gasteiger partial charge >= 0.3 is 0 Å². The lowest BCUT2D eigenvalue weighted by Gasteiger charge is -2.05. The molecule has 4 unspecified atom stereocenters. The molecule has 30 heteroatoms. The molecule has 7 aliphatic rings. The van der Waals surface area contributed by atoms with Gasteiger partial charge in [0.15, 0.2) is 11.4 Å². The highest BCUT2D eigenvalue weighted by molar-refractivity contribution is 7.18. The largest absolute Gasteiger partial charge is 0.460 e. The number of nitrogen functional groups attached to an aromatic ring is 10. The highest BCUT2D eigenvalue weighted by Crippen LogP contribution is 2.39. The molecule has 1 aromatic carbocycles. The summed E-state index contributed by atoms with van der Waals surface area (Å²) in [5, 5.41) is 10.3. The van der Waals surface area contributed by atoms with Crippen molar-refractivity contribution in [1.29, 1.82) is 0 Å². The third-order valence-electron chi connectivity index (χ3n) is 27.4. The van der Waals surface area contributed by atoms with E-state index in [9.17, 15) is 0 Å². The summed E-state index contributed by atoms with van der Waals surface area (Å²) in [5.41, 5.74) is 93.4. The number of fused-ring (bicyclic) bond motifs is 14. The maximum atomic E-state index is 5.83. The Balaban J connectivity index is 0.000000121. The Morgan fingerprint density at radius 1 is 0.413 bits per heavy atom. The van der Waals surface area contributed by atoms with Gasteiger partial charge in [0.05, 0.1) is 39.9 Å². The maximum Gasteiger partial charge on any atom is 0.176 e. The van der Waals surface area contributed by atoms with Gasteiger partial charge in [-0.05, 0) is 330 Å². The SMILES string of the molecule is CC1=CCc2c1ccnc2N.CC1=CCc2ccnc(N)c21.CC1=Cc2c(ccnc2N)C1.CC1C=Cc2c1ccnc2N.CC1CCc2c1ccnc2N.CC1CCc2ccnc(N)c21.CC1Cc2cccc(N)c2C1.Cc1c[nH]c2ccncc12.Cc1c[nH]c2cnccc12.Cc1cc2ccncc2[nH]1.Cc1cc2cnccc2[nH]1.Cc1coc2c(N)nccc12.Cc1csc2c(N)nccc12.Cn1ccc2c(N)nccc21. The van der Waals surface area contributed by atoms with Gasteiger partial charge in [-0.1, -0.05) is 75.8 Å². The van der Waals surface area contributed by atoms with Crippen molar-refractivity contribution < 1.29 is 4.42 Å². The summed E-state index contributed by atoms with van der Waals surface area (Å²) in [6.45, 7) is 27.5. The molecule has 21 aromatic rings. The normalized spacial score (nSPS) is 14.6. The number of hydrogen-bond acceptors (Lipinski definition) is 25. The third-order valence-corrected chi connectivity index (χ3v) is 28.5. The Bertz CT molecular complexity index is 7950. The number of benzene rings is 1. The van der Waals surface area contributed by atoms with Crippen LogP contribution in [-0.4, -0.2) is 89.3 Å². The van der Waals surface area contributed by atoms with Crippen molar-refractivity contribution >= 4 is 168 Å². The summed E-state index contributed by atoms with van der Waals surface area (Å²) in [4.78, 5) is 64.8. The fraction of sp³-hybridized carbons (Fsp3) is 0.225. The molecule has 766 valence electrons. The van der Waals surface area contributed by atoms with Crippen LogP contribution in [0, 0.1) is 47.5 Å². The van der Waals surface area contributed by atoms with Crippen LogP contribution >= 0.6 is 11.3 Å². The fourth-order valence-corrected chi connectivity index (χ4v) is 20.2. The van der Waals surface area contributed by atoms with Crippen molar-refractivity contribution in [3.63, 3.8) is 0 Å². The number of nitrogens with two attached hydrogens (primary N) is 10. The molecule has 0 saturated heterocycles. The Hall–Kier alpha value is -17.7. The maximum absolute atomic E-state index is 5.83. The molecule has 0 spiro atoms. The number of thiophene rings is 1. The van der Waals surface area contributed by atoms with Crippen LogP contribution in [0.15, 0.2) is 279 Å². The molecule has 0 fully saturated rings. The number of anilines is 10. The summed E-state index contributed by atoms with van der Waals surface area (Å²) in [6.07, 6.45) is 58.8. The van der Waals surface area contributed by atoms with Crippen LogP contribution in [0.25, 0.3) is 98.9 Å². The first kappa shape index (κ1) is 107. The lowest BCUT2D eigenvalue weighted by atomic mass is 10.0. The van der Waals surface area contributed by atoms with Crippen LogP contribution in [0.2, 0.25) is 0 Å². The van der Waals surface area contributed by atoms with E-state index in [0.717, 1.165) is 114 Å². The van der Waals surface area contributed by atoms with Gasteiger partial charge in [0.25, 0.3) is 0 Å². The van der Waals surface area contributed by atoms with E-state index in [1.807, 2.05) is 173 Å². The first-order chi connectivity index (χ1) is 72.3. The topological polar surface area (TPSA) is 509 Å². The molecule has 7 aliphatic carbocycles. The zero-order valence-corrected chi connectivity index (χ0v) is 88.4. The van der Waals surface area contributed by atoms with Gasteiger partial charge < -0.3 is 86.3 Å². The van der Waals surface area contributed by atoms with Crippen molar-refractivity contribution in [1.82, 2.24) is 89.3 Å². The Kier molecular flexibility index (Phi) is 35.2. The van der Waals surface area contributed by atoms with Gasteiger partial charge in [0.1, 0.15) is 46.5 Å². The van der Waals surface area contributed by atoms with Crippen molar-refractivity contribution in [3.8, 4) is 0 Å². The minimum absolute atomic E-state index is 0.454. The third kappa shape index (κ3) is 26.2. The van der Waals surface area contributed by atoms with Crippen LogP contribution in [0.5, 0.6) is 0 Å². The highest BCUT2D eigenvalue weighted by atomic mass is 32.1. The van der Waals surface area contributed by atoms with Crippen LogP contribution < -0.4 is 57.3 Å². The molecule has 0 aliphatic heterocycles. The van der Waals surface area contributed by atoms with Gasteiger partial charge in [-0.3, -0.25) is 19.9 Å². The van der Waals surface area contributed by atoms with E-state index < -0.39 is 0 Å². The zero-order valence-electron chi connectivity index (χ0n) is 87.6. The number of aryl methyl sites for hydroxylation is 8. The number of pyridine rings is 13. The number of nitrogens with one attached hydrogen (secondary N) is 4. The molecular weight excluding hydrogens is 1880 g/mol. The standard InChI is InChI=1S/C10H13N.C9H10N2.C9H12N2.2C9H10N2.C9H12N2.C9H10N2.C8H9N3.C8H8N2O.C8H8N2S.4C8H8N2/c1-7-5-8-3-2-4-10(11)9(8)6-7;1-6-4-7-2-3-11-9(10)8(7)5-6;3*1-6-2-3-8-7(6)4-5-11-9(8)10;2*1-6-2-3-7-4-5-11-9(10)8(6)7;1-11-5-3-6-7(11)2-4-10-8(6)9;2*1-5-4-11-7-6(5)2-3-10-8(7)9;1-6-4-10-8-2-3-9-5-7(6)8;1-6-4-7-5-9-3-2-8(7)10-6;1-6-4-10-8-5-9-3-2-7(6)8;1-6-4-7-2-3-9-5-8(7)10-6/h2-4,7H,5-6,11H2,1H3;2-3,5H,4H2,1H3,(H2,10,11);4-6H,2-3H2,1H3,(H2,10,11);2,4-5H,3H2,1H3,(H2,10,11);2-6H,1H3,(H2,10,11);4-6H,2-3H2,1H3,(H2,10,11);2,4-5H,3H2,1H3,(H2,10,11);2-5H,1H3,(H2,9,10);2*2-4H,1H3,(H2,9,10);4*2-5,10H,1H3. The molecule has 20 heterocycles. The van der Waals surface area contributed by atoms with E-state index in [1.165, 1.54) is 165 Å². The molecule has 0 amide bonds. The summed E-state index contributed by atoms with van der Waals surface area (Å²) in [5.74, 6) is 8.35. The molecule has 150 heavy (non-hydrogen) atoms. The number of aromatic nitrogens is 18. The minimum Gasteiger partial charge on any atom is -0.460 e. The van der Waals surface area contributed by atoms with Crippen LogP contribution in [0.3, 0.4) is 0 Å². The molecule has 24 N–H and O–H groups in total. The summed E-state index contributed by atoms with van der Waals surface area (Å²) in [7, 11) is 1.99. The number of furan rings is 1. The van der Waals surface area contributed by atoms with E-state index in [1.54, 1.807) is 92.0 Å². The van der Waals surface area contributed by atoms with Crippen LogP contribution in [0.4, 0.5) is 58.0 Å². The molecule has 0 saturated carbocycles. The second-order valence-electron chi connectivity index (χ2n) is 38.5. The monoisotopic (exact) mass is 2020 g/mol. The average Bonchev–Trinajstić information content (AvgIpc) is 1.53. The Morgan fingerprint density at radius 3 is 1.67 bits per heavy atom. The van der Waals surface area contributed by atoms with E-state index in [2.05, 4.69) is 214 Å². The van der Waals surface area contributed by atoms with E-state index in [0.29, 0.717) is 64.1 Å². The highest BCUT2D eigenvalue weighted by Gasteiger charge is 2.24. The Labute approximate surface area is 878 Å². The number of rotatable bonds is 0. The second-order valence-corrected chi connectivity index (χ2v) is 39.4. The minimum atomic E-state index is 0.454. The van der Waals surface area contributed by atoms with E-state index in [4.69, 9.17) is 61.8 Å². The van der Waals surface area contributed by atoms with E-state index in [-0.39, 0.29) is 0 Å². The van der Waals surface area contributed by atoms with Gasteiger partial charge in [-0.2, -0.15) is 0 Å². The summed E-state index contributed by atoms with van der Waals surface area (Å²) < 4.78 is 8.32. The molecule has 4 atom stereocenters. The number of H-pyrrole nitrogens is 4. The summed E-state index contributed by atoms with van der Waals surface area (Å²) in [6, 6.07) is 38.5. The van der Waals surface area contributed by atoms with Gasteiger partial charge in [-0.25, -0.2) is 44.9 Å². The Morgan fingerprint density at radius 2 is 0.993 bits per heavy atom. The molecule has 20 aromatic heterocycles. The predicted octanol–water partition coefficient (Wildman–Crippen LogP) is 24.6. The van der Waals surface area contributed by atoms with Crippen LogP contribution in [0.1, 0.15) is 191 Å². The number of allylic oxidation sites excluding steroid dienone is 6. The van der Waals surface area contributed by atoms with Crippen molar-refractivity contribution in [3.05, 3.63) is 386 Å². The molecular formula is C120H134N28OS. The van der Waals surface area contributed by atoms with Crippen molar-refractivity contribution in [2.45, 2.75) is 166 Å². The first-order valence-electron chi connectivity index (χ1n) is 50.2. The molecule has 0 radical (unpaired) electrons. The molecule has 28 rings (SSSR count). The molecule has 29 nitrogen and oxygen atoms in total. The average molecular weight is 2020 g/mol. The predicted molar refractivity (Wildman–Crippen MR) is 623 cm³/mol. The van der Waals surface area contributed by atoms with E-state index >= 15 is 0 Å².